The Labute approximate surface area is 47.1 Å². The molecular formula is C5H4N2O. The molecule has 0 aromatic carbocycles. The van der Waals surface area contributed by atoms with Crippen molar-refractivity contribution in [1.82, 2.24) is 0 Å². The number of nitriles is 2. The van der Waals surface area contributed by atoms with E-state index in [9.17, 15) is 0 Å². The molecule has 8 heavy (non-hydrogen) atoms. The molecule has 0 rings (SSSR count). The number of hydrogen-bond donors (Lipinski definition) is 1. The fourth-order valence-electron chi connectivity index (χ4n) is 0.199. The quantitative estimate of drug-likeness (QED) is 0.400. The zero-order valence-electron chi connectivity index (χ0n) is 4.13. The van der Waals surface area contributed by atoms with Crippen molar-refractivity contribution in [2.24, 2.45) is 0 Å². The van der Waals surface area contributed by atoms with Gasteiger partial charge in [0.2, 0.25) is 0 Å². The minimum atomic E-state index is -0.0208. The SMILES string of the molecule is N#CC/C(C#N)=C\O. The maximum atomic E-state index is 8.12. The van der Waals surface area contributed by atoms with E-state index in [-0.39, 0.29) is 12.0 Å². The molecule has 0 saturated heterocycles. The molecule has 0 radical (unpaired) electrons. The maximum absolute atomic E-state index is 8.12. The lowest BCUT2D eigenvalue weighted by Crippen LogP contribution is -1.73. The van der Waals surface area contributed by atoms with Gasteiger partial charge in [-0.3, -0.25) is 0 Å². The number of rotatable bonds is 1. The van der Waals surface area contributed by atoms with Gasteiger partial charge in [-0.25, -0.2) is 0 Å². The van der Waals surface area contributed by atoms with Crippen molar-refractivity contribution >= 4 is 0 Å². The first-order chi connectivity index (χ1) is 3.85. The fourth-order valence-corrected chi connectivity index (χ4v) is 0.199. The third-order valence-corrected chi connectivity index (χ3v) is 0.569. The van der Waals surface area contributed by atoms with Crippen molar-refractivity contribution in [1.29, 1.82) is 10.5 Å². The van der Waals surface area contributed by atoms with E-state index in [1.54, 1.807) is 12.1 Å². The molecular weight excluding hydrogens is 104 g/mol. The molecule has 0 aliphatic carbocycles. The summed E-state index contributed by atoms with van der Waals surface area (Å²) in [7, 11) is 0. The Balaban J connectivity index is 3.83. The number of nitrogens with zero attached hydrogens (tertiary/aromatic N) is 2. The summed E-state index contributed by atoms with van der Waals surface area (Å²) in [6, 6.07) is 3.36. The molecule has 0 unspecified atom stereocenters. The Morgan fingerprint density at radius 1 is 1.62 bits per heavy atom. The summed E-state index contributed by atoms with van der Waals surface area (Å²) in [5, 5.41) is 24.1. The second-order valence-corrected chi connectivity index (χ2v) is 1.10. The first kappa shape index (κ1) is 6.52. The van der Waals surface area contributed by atoms with Gasteiger partial charge in [0.15, 0.2) is 0 Å². The average molecular weight is 108 g/mol. The van der Waals surface area contributed by atoms with Crippen LogP contribution in [0.5, 0.6) is 0 Å². The van der Waals surface area contributed by atoms with Gasteiger partial charge in [0.05, 0.1) is 30.4 Å². The summed E-state index contributed by atoms with van der Waals surface area (Å²) in [6.07, 6.45) is 0.621. The predicted molar refractivity (Wildman–Crippen MR) is 26.6 cm³/mol. The third kappa shape index (κ3) is 1.84. The van der Waals surface area contributed by atoms with Crippen molar-refractivity contribution in [3.8, 4) is 12.1 Å². The molecule has 3 nitrogen and oxygen atoms in total. The van der Waals surface area contributed by atoms with Crippen LogP contribution in [0, 0.1) is 22.7 Å². The monoisotopic (exact) mass is 108 g/mol. The third-order valence-electron chi connectivity index (χ3n) is 0.569. The molecule has 1 N–H and O–H groups in total. The van der Waals surface area contributed by atoms with Crippen LogP contribution in [0.3, 0.4) is 0 Å². The second-order valence-electron chi connectivity index (χ2n) is 1.10. The van der Waals surface area contributed by atoms with Crippen LogP contribution >= 0.6 is 0 Å². The van der Waals surface area contributed by atoms with E-state index >= 15 is 0 Å². The minimum absolute atomic E-state index is 0.0208. The first-order valence-corrected chi connectivity index (χ1v) is 1.95. The van der Waals surface area contributed by atoms with Crippen molar-refractivity contribution < 1.29 is 5.11 Å². The van der Waals surface area contributed by atoms with Crippen molar-refractivity contribution in [2.45, 2.75) is 6.42 Å². The Bertz CT molecular complexity index is 170. The number of allylic oxidation sites excluding steroid dienone is 1. The summed E-state index contributed by atoms with van der Waals surface area (Å²) in [6.45, 7) is 0. The minimum Gasteiger partial charge on any atom is -0.515 e. The molecule has 0 aromatic heterocycles. The topological polar surface area (TPSA) is 67.8 Å². The number of aliphatic hydroxyl groups excluding tert-OH is 1. The summed E-state index contributed by atoms with van der Waals surface area (Å²) in [5.74, 6) is 0. The fraction of sp³-hybridized carbons (Fsp3) is 0.200. The smallest absolute Gasteiger partial charge is 0.0990 e. The van der Waals surface area contributed by atoms with Gasteiger partial charge >= 0.3 is 0 Å². The molecule has 0 saturated carbocycles. The molecule has 0 aromatic rings. The van der Waals surface area contributed by atoms with E-state index < -0.39 is 0 Å². The summed E-state index contributed by atoms with van der Waals surface area (Å²) >= 11 is 0. The van der Waals surface area contributed by atoms with Crippen LogP contribution in [0.15, 0.2) is 11.8 Å². The molecule has 0 heterocycles. The Kier molecular flexibility index (Phi) is 3.02. The van der Waals surface area contributed by atoms with Gasteiger partial charge in [0, 0.05) is 0 Å². The van der Waals surface area contributed by atoms with Crippen LogP contribution in [0.25, 0.3) is 0 Å². The van der Waals surface area contributed by atoms with E-state index in [1.165, 1.54) is 0 Å². The highest BCUT2D eigenvalue weighted by Crippen LogP contribution is 1.93. The van der Waals surface area contributed by atoms with Crippen molar-refractivity contribution in [3.05, 3.63) is 11.8 Å². The van der Waals surface area contributed by atoms with Gasteiger partial charge in [0.1, 0.15) is 0 Å². The van der Waals surface area contributed by atoms with Gasteiger partial charge < -0.3 is 5.11 Å². The second kappa shape index (κ2) is 3.70. The largest absolute Gasteiger partial charge is 0.515 e. The Morgan fingerprint density at radius 3 is 2.38 bits per heavy atom. The van der Waals surface area contributed by atoms with E-state index in [2.05, 4.69) is 0 Å². The summed E-state index contributed by atoms with van der Waals surface area (Å²) in [5.41, 5.74) is 0.0903. The molecule has 0 aliphatic rings. The first-order valence-electron chi connectivity index (χ1n) is 1.95. The highest BCUT2D eigenvalue weighted by molar-refractivity contribution is 5.21. The predicted octanol–water partition coefficient (Wildman–Crippen LogP) is 0.866. The van der Waals surface area contributed by atoms with Crippen molar-refractivity contribution in [3.63, 3.8) is 0 Å². The summed E-state index contributed by atoms with van der Waals surface area (Å²) in [4.78, 5) is 0. The Hall–Kier alpha value is -1.48. The molecule has 40 valence electrons. The lowest BCUT2D eigenvalue weighted by atomic mass is 10.2. The molecule has 0 spiro atoms. The van der Waals surface area contributed by atoms with E-state index in [0.29, 0.717) is 6.26 Å². The average Bonchev–Trinajstić information content (AvgIpc) is 1.83. The maximum Gasteiger partial charge on any atom is 0.0990 e. The number of aliphatic hydroxyl groups is 1. The molecule has 0 fully saturated rings. The molecule has 0 aliphatic heterocycles. The highest BCUT2D eigenvalue weighted by Gasteiger charge is 1.89. The van der Waals surface area contributed by atoms with Gasteiger partial charge in [0.25, 0.3) is 0 Å². The Morgan fingerprint density at radius 2 is 2.25 bits per heavy atom. The van der Waals surface area contributed by atoms with Crippen LogP contribution in [-0.4, -0.2) is 5.11 Å². The van der Waals surface area contributed by atoms with Gasteiger partial charge in [-0.2, -0.15) is 10.5 Å². The van der Waals surface area contributed by atoms with Crippen LogP contribution in [0.4, 0.5) is 0 Å². The standard InChI is InChI=1S/C5H4N2O/c6-2-1-5(3-7)4-8/h4,8H,1H2/b5-4+. The summed E-state index contributed by atoms with van der Waals surface area (Å²) < 4.78 is 0. The van der Waals surface area contributed by atoms with Crippen molar-refractivity contribution in [2.75, 3.05) is 0 Å². The van der Waals surface area contributed by atoms with Crippen LogP contribution in [-0.2, 0) is 0 Å². The van der Waals surface area contributed by atoms with Crippen LogP contribution < -0.4 is 0 Å². The molecule has 0 bridgehead atoms. The van der Waals surface area contributed by atoms with Crippen LogP contribution in [0.1, 0.15) is 6.42 Å². The van der Waals surface area contributed by atoms with Crippen LogP contribution in [0.2, 0.25) is 0 Å². The van der Waals surface area contributed by atoms with Gasteiger partial charge in [-0.15, -0.1) is 0 Å². The molecule has 0 atom stereocenters. The lowest BCUT2D eigenvalue weighted by Gasteiger charge is -1.78. The van der Waals surface area contributed by atoms with Gasteiger partial charge in [-0.05, 0) is 0 Å². The molecule has 0 amide bonds. The number of hydrogen-bond acceptors (Lipinski definition) is 3. The van der Waals surface area contributed by atoms with E-state index in [0.717, 1.165) is 0 Å². The normalized spacial score (nSPS) is 9.50. The van der Waals surface area contributed by atoms with E-state index in [4.69, 9.17) is 15.6 Å². The molecule has 3 heteroatoms. The zero-order valence-corrected chi connectivity index (χ0v) is 4.13. The zero-order chi connectivity index (χ0) is 6.41. The van der Waals surface area contributed by atoms with Gasteiger partial charge in [-0.1, -0.05) is 0 Å². The lowest BCUT2D eigenvalue weighted by molar-refractivity contribution is 0.468. The highest BCUT2D eigenvalue weighted by atomic mass is 16.2. The van der Waals surface area contributed by atoms with E-state index in [1.807, 2.05) is 0 Å².